The monoisotopic (exact) mass is 185 g/mol. The van der Waals surface area contributed by atoms with Gasteiger partial charge < -0.3 is 4.74 Å². The fourth-order valence-electron chi connectivity index (χ4n) is 0.760. The maximum absolute atomic E-state index is 5.68. The van der Waals surface area contributed by atoms with Gasteiger partial charge >= 0.3 is 0 Å². The average molecular weight is 186 g/mol. The lowest BCUT2D eigenvalue weighted by Crippen LogP contribution is -2.23. The summed E-state index contributed by atoms with van der Waals surface area (Å²) < 4.78 is 5.49. The molecule has 0 spiro atoms. The van der Waals surface area contributed by atoms with Crippen molar-refractivity contribution >= 4 is 11.6 Å². The Morgan fingerprint density at radius 1 is 1.33 bits per heavy atom. The van der Waals surface area contributed by atoms with Crippen LogP contribution in [0.15, 0.2) is 18.2 Å². The summed E-state index contributed by atoms with van der Waals surface area (Å²) in [7, 11) is 0. The van der Waals surface area contributed by atoms with Crippen LogP contribution in [0.1, 0.15) is 20.8 Å². The Balaban J connectivity index is 2.77. The lowest BCUT2D eigenvalue weighted by atomic mass is 10.2. The first kappa shape index (κ1) is 9.33. The Hall–Kier alpha value is -0.760. The van der Waals surface area contributed by atoms with Gasteiger partial charge in [0.05, 0.1) is 0 Å². The van der Waals surface area contributed by atoms with Crippen LogP contribution in [0.5, 0.6) is 5.88 Å². The van der Waals surface area contributed by atoms with Crippen LogP contribution in [0.3, 0.4) is 0 Å². The Morgan fingerprint density at radius 3 is 2.50 bits per heavy atom. The van der Waals surface area contributed by atoms with Gasteiger partial charge in [-0.2, -0.15) is 0 Å². The van der Waals surface area contributed by atoms with E-state index in [1.54, 1.807) is 12.1 Å². The SMILES string of the molecule is CC(C)(C)Oc1cccc(Cl)n1. The molecule has 0 aromatic carbocycles. The van der Waals surface area contributed by atoms with Gasteiger partial charge in [0.1, 0.15) is 10.8 Å². The summed E-state index contributed by atoms with van der Waals surface area (Å²) in [4.78, 5) is 4.00. The molecule has 2 nitrogen and oxygen atoms in total. The van der Waals surface area contributed by atoms with E-state index in [0.29, 0.717) is 11.0 Å². The molecule has 0 N–H and O–H groups in total. The molecule has 12 heavy (non-hydrogen) atoms. The first-order chi connectivity index (χ1) is 5.47. The van der Waals surface area contributed by atoms with Gasteiger partial charge in [0.15, 0.2) is 0 Å². The van der Waals surface area contributed by atoms with Gasteiger partial charge in [0.25, 0.3) is 0 Å². The maximum Gasteiger partial charge on any atom is 0.215 e. The van der Waals surface area contributed by atoms with Gasteiger partial charge in [0, 0.05) is 6.07 Å². The molecule has 0 saturated carbocycles. The van der Waals surface area contributed by atoms with Crippen molar-refractivity contribution in [2.75, 3.05) is 0 Å². The van der Waals surface area contributed by atoms with E-state index in [-0.39, 0.29) is 5.60 Å². The lowest BCUT2D eigenvalue weighted by Gasteiger charge is -2.19. The molecule has 0 aliphatic heterocycles. The summed E-state index contributed by atoms with van der Waals surface area (Å²) in [5.41, 5.74) is -0.225. The van der Waals surface area contributed by atoms with Crippen molar-refractivity contribution in [3.63, 3.8) is 0 Å². The summed E-state index contributed by atoms with van der Waals surface area (Å²) in [5, 5.41) is 0.455. The van der Waals surface area contributed by atoms with Crippen molar-refractivity contribution in [2.45, 2.75) is 26.4 Å². The fraction of sp³-hybridized carbons (Fsp3) is 0.444. The van der Waals surface area contributed by atoms with E-state index in [4.69, 9.17) is 16.3 Å². The number of rotatable bonds is 1. The molecule has 1 rings (SSSR count). The number of pyridine rings is 1. The second-order valence-electron chi connectivity index (χ2n) is 3.51. The van der Waals surface area contributed by atoms with E-state index in [2.05, 4.69) is 4.98 Å². The molecule has 0 amide bonds. The van der Waals surface area contributed by atoms with Crippen molar-refractivity contribution in [3.8, 4) is 5.88 Å². The third kappa shape index (κ3) is 3.09. The van der Waals surface area contributed by atoms with E-state index in [9.17, 15) is 0 Å². The van der Waals surface area contributed by atoms with E-state index >= 15 is 0 Å². The zero-order valence-corrected chi connectivity index (χ0v) is 8.22. The molecule has 0 atom stereocenters. The molecular formula is C9H12ClNO. The van der Waals surface area contributed by atoms with Crippen molar-refractivity contribution in [3.05, 3.63) is 23.4 Å². The van der Waals surface area contributed by atoms with Gasteiger partial charge in [-0.15, -0.1) is 0 Å². The Bertz CT molecular complexity index is 267. The van der Waals surface area contributed by atoms with Gasteiger partial charge in [0.2, 0.25) is 5.88 Å². The average Bonchev–Trinajstić information content (AvgIpc) is 1.82. The highest BCUT2D eigenvalue weighted by Gasteiger charge is 2.12. The highest BCUT2D eigenvalue weighted by atomic mass is 35.5. The van der Waals surface area contributed by atoms with E-state index in [1.165, 1.54) is 0 Å². The Kier molecular flexibility index (Phi) is 2.58. The highest BCUT2D eigenvalue weighted by Crippen LogP contribution is 2.16. The number of aromatic nitrogens is 1. The molecule has 0 aliphatic rings. The van der Waals surface area contributed by atoms with Crippen molar-refractivity contribution in [1.29, 1.82) is 0 Å². The second kappa shape index (κ2) is 3.31. The number of hydrogen-bond acceptors (Lipinski definition) is 2. The molecule has 1 aromatic rings. The molecule has 0 aliphatic carbocycles. The fourth-order valence-corrected chi connectivity index (χ4v) is 0.916. The van der Waals surface area contributed by atoms with Crippen molar-refractivity contribution in [1.82, 2.24) is 4.98 Å². The molecule has 0 radical (unpaired) electrons. The van der Waals surface area contributed by atoms with Crippen LogP contribution >= 0.6 is 11.6 Å². The maximum atomic E-state index is 5.68. The zero-order chi connectivity index (χ0) is 9.19. The topological polar surface area (TPSA) is 22.1 Å². The van der Waals surface area contributed by atoms with E-state index in [1.807, 2.05) is 26.8 Å². The Labute approximate surface area is 77.5 Å². The van der Waals surface area contributed by atoms with Crippen molar-refractivity contribution in [2.24, 2.45) is 0 Å². The third-order valence-electron chi connectivity index (χ3n) is 1.10. The highest BCUT2D eigenvalue weighted by molar-refractivity contribution is 6.29. The minimum Gasteiger partial charge on any atom is -0.472 e. The van der Waals surface area contributed by atoms with Crippen LogP contribution in [-0.2, 0) is 0 Å². The number of halogens is 1. The summed E-state index contributed by atoms with van der Waals surface area (Å²) in [6.45, 7) is 5.90. The standard InChI is InChI=1S/C9H12ClNO/c1-9(2,3)12-8-6-4-5-7(10)11-8/h4-6H,1-3H3. The predicted molar refractivity (Wildman–Crippen MR) is 49.6 cm³/mol. The Morgan fingerprint density at radius 2 is 2.00 bits per heavy atom. The summed E-state index contributed by atoms with van der Waals surface area (Å²) in [5.74, 6) is 0.565. The minimum atomic E-state index is -0.225. The quantitative estimate of drug-likeness (QED) is 0.628. The molecule has 0 fully saturated rings. The molecular weight excluding hydrogens is 174 g/mol. The number of ether oxygens (including phenoxy) is 1. The number of hydrogen-bond donors (Lipinski definition) is 0. The first-order valence-corrected chi connectivity index (χ1v) is 4.17. The largest absolute Gasteiger partial charge is 0.472 e. The van der Waals surface area contributed by atoms with Gasteiger partial charge in [-0.1, -0.05) is 17.7 Å². The first-order valence-electron chi connectivity index (χ1n) is 3.79. The molecule has 1 aromatic heterocycles. The molecule has 0 bridgehead atoms. The van der Waals surface area contributed by atoms with Gasteiger partial charge in [-0.25, -0.2) is 4.98 Å². The van der Waals surface area contributed by atoms with E-state index < -0.39 is 0 Å². The number of nitrogens with zero attached hydrogens (tertiary/aromatic N) is 1. The summed E-state index contributed by atoms with van der Waals surface area (Å²) in [6, 6.07) is 5.32. The van der Waals surface area contributed by atoms with Gasteiger partial charge in [-0.05, 0) is 26.8 Å². The zero-order valence-electron chi connectivity index (χ0n) is 7.47. The third-order valence-corrected chi connectivity index (χ3v) is 1.31. The molecule has 0 unspecified atom stereocenters. The molecule has 0 saturated heterocycles. The molecule has 66 valence electrons. The molecule has 1 heterocycles. The van der Waals surface area contributed by atoms with Crippen LogP contribution in [0.25, 0.3) is 0 Å². The smallest absolute Gasteiger partial charge is 0.215 e. The van der Waals surface area contributed by atoms with Crippen LogP contribution in [0.2, 0.25) is 5.15 Å². The van der Waals surface area contributed by atoms with Crippen LogP contribution in [0, 0.1) is 0 Å². The predicted octanol–water partition coefficient (Wildman–Crippen LogP) is 2.91. The normalized spacial score (nSPS) is 11.3. The lowest BCUT2D eigenvalue weighted by molar-refractivity contribution is 0.124. The summed E-state index contributed by atoms with van der Waals surface area (Å²) >= 11 is 5.68. The van der Waals surface area contributed by atoms with Crippen LogP contribution in [0.4, 0.5) is 0 Å². The molecule has 3 heteroatoms. The van der Waals surface area contributed by atoms with Crippen LogP contribution < -0.4 is 4.74 Å². The van der Waals surface area contributed by atoms with E-state index in [0.717, 1.165) is 0 Å². The van der Waals surface area contributed by atoms with Crippen LogP contribution in [-0.4, -0.2) is 10.6 Å². The summed E-state index contributed by atoms with van der Waals surface area (Å²) in [6.07, 6.45) is 0. The minimum absolute atomic E-state index is 0.225. The van der Waals surface area contributed by atoms with Gasteiger partial charge in [-0.3, -0.25) is 0 Å². The second-order valence-corrected chi connectivity index (χ2v) is 3.90. The van der Waals surface area contributed by atoms with Crippen molar-refractivity contribution < 1.29 is 4.74 Å².